The molecule has 0 bridgehead atoms. The highest BCUT2D eigenvalue weighted by Gasteiger charge is 2.01. The molecule has 0 saturated carbocycles. The number of allylic oxidation sites excluding steroid dienone is 2. The quantitative estimate of drug-likeness (QED) is 0.122. The fraction of sp³-hybridized carbons (Fsp3) is 0.773. The van der Waals surface area contributed by atoms with Crippen LogP contribution in [0.5, 0.6) is 0 Å². The minimum Gasteiger partial charge on any atom is -0.462 e. The van der Waals surface area contributed by atoms with E-state index in [0.29, 0.717) is 12.2 Å². The maximum absolute atomic E-state index is 11.2. The van der Waals surface area contributed by atoms with Gasteiger partial charge in [-0.25, -0.2) is 4.79 Å². The molecule has 0 heterocycles. The second-order valence-electron chi connectivity index (χ2n) is 6.85. The minimum atomic E-state index is -0.261. The van der Waals surface area contributed by atoms with Gasteiger partial charge in [0.25, 0.3) is 0 Å². The fourth-order valence-electron chi connectivity index (χ4n) is 2.64. The van der Waals surface area contributed by atoms with Crippen molar-refractivity contribution in [3.8, 4) is 0 Å². The molecular weight excluding hydrogens is 296 g/mol. The lowest BCUT2D eigenvalue weighted by atomic mass is 10.1. The van der Waals surface area contributed by atoms with Crippen LogP contribution in [0.1, 0.15) is 104 Å². The maximum Gasteiger partial charge on any atom is 0.333 e. The van der Waals surface area contributed by atoms with Crippen LogP contribution in [-0.4, -0.2) is 12.6 Å². The van der Waals surface area contributed by atoms with Crippen LogP contribution in [0.25, 0.3) is 0 Å². The molecule has 0 atom stereocenters. The lowest BCUT2D eigenvalue weighted by molar-refractivity contribution is -0.139. The summed E-state index contributed by atoms with van der Waals surface area (Å²) in [6.45, 7) is 8.06. The van der Waals surface area contributed by atoms with Crippen LogP contribution in [0.2, 0.25) is 0 Å². The van der Waals surface area contributed by atoms with Gasteiger partial charge in [0.05, 0.1) is 6.61 Å². The van der Waals surface area contributed by atoms with Crippen molar-refractivity contribution in [2.24, 2.45) is 0 Å². The van der Waals surface area contributed by atoms with E-state index in [-0.39, 0.29) is 5.97 Å². The van der Waals surface area contributed by atoms with Crippen molar-refractivity contribution in [2.45, 2.75) is 104 Å². The summed E-state index contributed by atoms with van der Waals surface area (Å²) in [6, 6.07) is 0. The van der Waals surface area contributed by atoms with Crippen LogP contribution in [0.3, 0.4) is 0 Å². The molecule has 0 unspecified atom stereocenters. The maximum atomic E-state index is 11.2. The molecule has 0 radical (unpaired) electrons. The Bertz CT molecular complexity index is 331. The van der Waals surface area contributed by atoms with Gasteiger partial charge in [-0.3, -0.25) is 0 Å². The molecule has 0 aliphatic carbocycles. The van der Waals surface area contributed by atoms with Crippen molar-refractivity contribution in [3.05, 3.63) is 24.3 Å². The van der Waals surface area contributed by atoms with Crippen LogP contribution in [-0.2, 0) is 9.53 Å². The molecule has 0 aliphatic rings. The standard InChI is InChI=1S/C22H40O2/c1-4-5-6-7-8-9-10-11-12-13-14-15-16-17-18-19-20-24-22(23)21(2)3/h11-12H,2,4-10,13-20H2,1,3H3/b12-11-. The Balaban J connectivity index is 3.15. The fourth-order valence-corrected chi connectivity index (χ4v) is 2.64. The summed E-state index contributed by atoms with van der Waals surface area (Å²) in [5.74, 6) is -0.261. The summed E-state index contributed by atoms with van der Waals surface area (Å²) in [5.41, 5.74) is 0.486. The van der Waals surface area contributed by atoms with Crippen LogP contribution >= 0.6 is 0 Å². The molecule has 0 aromatic carbocycles. The Morgan fingerprint density at radius 2 is 1.25 bits per heavy atom. The topological polar surface area (TPSA) is 26.3 Å². The van der Waals surface area contributed by atoms with E-state index in [9.17, 15) is 4.79 Å². The zero-order valence-corrected chi connectivity index (χ0v) is 16.3. The summed E-state index contributed by atoms with van der Waals surface area (Å²) in [7, 11) is 0. The Morgan fingerprint density at radius 3 is 1.75 bits per heavy atom. The predicted molar refractivity (Wildman–Crippen MR) is 105 cm³/mol. The van der Waals surface area contributed by atoms with Crippen molar-refractivity contribution in [3.63, 3.8) is 0 Å². The first-order chi connectivity index (χ1) is 11.7. The Kier molecular flexibility index (Phi) is 17.5. The lowest BCUT2D eigenvalue weighted by Crippen LogP contribution is -2.05. The van der Waals surface area contributed by atoms with E-state index in [1.54, 1.807) is 6.92 Å². The molecular formula is C22H40O2. The Labute approximate surface area is 150 Å². The molecule has 140 valence electrons. The van der Waals surface area contributed by atoms with Crippen LogP contribution < -0.4 is 0 Å². The number of ether oxygens (including phenoxy) is 1. The highest BCUT2D eigenvalue weighted by Crippen LogP contribution is 2.10. The van der Waals surface area contributed by atoms with E-state index < -0.39 is 0 Å². The summed E-state index contributed by atoms with van der Waals surface area (Å²) in [6.07, 6.45) is 22.8. The van der Waals surface area contributed by atoms with Gasteiger partial charge in [-0.1, -0.05) is 83.4 Å². The van der Waals surface area contributed by atoms with E-state index in [1.165, 1.54) is 77.0 Å². The number of rotatable bonds is 17. The van der Waals surface area contributed by atoms with Gasteiger partial charge in [-0.05, 0) is 39.0 Å². The second-order valence-corrected chi connectivity index (χ2v) is 6.85. The van der Waals surface area contributed by atoms with Crippen LogP contribution in [0.4, 0.5) is 0 Å². The van der Waals surface area contributed by atoms with Crippen molar-refractivity contribution in [2.75, 3.05) is 6.61 Å². The first-order valence-corrected chi connectivity index (χ1v) is 10.2. The molecule has 0 rings (SSSR count). The molecule has 2 nitrogen and oxygen atoms in total. The monoisotopic (exact) mass is 336 g/mol. The van der Waals surface area contributed by atoms with Gasteiger partial charge in [0, 0.05) is 5.57 Å². The Hall–Kier alpha value is -1.05. The van der Waals surface area contributed by atoms with Crippen molar-refractivity contribution in [1.82, 2.24) is 0 Å². The van der Waals surface area contributed by atoms with E-state index >= 15 is 0 Å². The zero-order valence-electron chi connectivity index (χ0n) is 16.3. The lowest BCUT2D eigenvalue weighted by Gasteiger charge is -2.04. The summed E-state index contributed by atoms with van der Waals surface area (Å²) >= 11 is 0. The highest BCUT2D eigenvalue weighted by molar-refractivity contribution is 5.86. The highest BCUT2D eigenvalue weighted by atomic mass is 16.5. The van der Waals surface area contributed by atoms with Crippen molar-refractivity contribution >= 4 is 5.97 Å². The largest absolute Gasteiger partial charge is 0.462 e. The molecule has 0 aromatic rings. The molecule has 0 spiro atoms. The molecule has 0 saturated heterocycles. The SMILES string of the molecule is C=C(C)C(=O)OCCCCCCCC/C=C\CCCCCCCC. The Morgan fingerprint density at radius 1 is 0.792 bits per heavy atom. The molecule has 0 aliphatic heterocycles. The normalized spacial score (nSPS) is 11.1. The summed E-state index contributed by atoms with van der Waals surface area (Å²) in [5, 5.41) is 0. The molecule has 0 N–H and O–H groups in total. The van der Waals surface area contributed by atoms with Gasteiger partial charge in [0.2, 0.25) is 0 Å². The van der Waals surface area contributed by atoms with Gasteiger partial charge < -0.3 is 4.74 Å². The van der Waals surface area contributed by atoms with E-state index in [1.807, 2.05) is 0 Å². The number of hydrogen-bond donors (Lipinski definition) is 0. The number of carbonyl (C=O) groups is 1. The predicted octanol–water partition coefficient (Wildman–Crippen LogP) is 7.14. The first kappa shape index (κ1) is 22.9. The van der Waals surface area contributed by atoms with Crippen molar-refractivity contribution in [1.29, 1.82) is 0 Å². The molecule has 0 fully saturated rings. The van der Waals surface area contributed by atoms with E-state index in [2.05, 4.69) is 25.7 Å². The van der Waals surface area contributed by atoms with E-state index in [4.69, 9.17) is 4.74 Å². The second kappa shape index (κ2) is 18.3. The van der Waals surface area contributed by atoms with Gasteiger partial charge >= 0.3 is 5.97 Å². The smallest absolute Gasteiger partial charge is 0.333 e. The number of carbonyl (C=O) groups excluding carboxylic acids is 1. The minimum absolute atomic E-state index is 0.261. The number of unbranched alkanes of at least 4 members (excludes halogenated alkanes) is 12. The number of hydrogen-bond acceptors (Lipinski definition) is 2. The average Bonchev–Trinajstić information content (AvgIpc) is 2.57. The first-order valence-electron chi connectivity index (χ1n) is 10.2. The third-order valence-electron chi connectivity index (χ3n) is 4.24. The zero-order chi connectivity index (χ0) is 17.9. The summed E-state index contributed by atoms with van der Waals surface area (Å²) in [4.78, 5) is 11.2. The van der Waals surface area contributed by atoms with Crippen LogP contribution in [0.15, 0.2) is 24.3 Å². The molecule has 24 heavy (non-hydrogen) atoms. The molecule has 0 aromatic heterocycles. The van der Waals surface area contributed by atoms with Gasteiger partial charge in [0.15, 0.2) is 0 Å². The number of esters is 1. The van der Waals surface area contributed by atoms with Gasteiger partial charge in [-0.2, -0.15) is 0 Å². The average molecular weight is 337 g/mol. The van der Waals surface area contributed by atoms with Gasteiger partial charge in [-0.15, -0.1) is 0 Å². The van der Waals surface area contributed by atoms with E-state index in [0.717, 1.165) is 12.8 Å². The third-order valence-corrected chi connectivity index (χ3v) is 4.24. The van der Waals surface area contributed by atoms with Crippen LogP contribution in [0, 0.1) is 0 Å². The molecule has 2 heteroatoms. The summed E-state index contributed by atoms with van der Waals surface area (Å²) < 4.78 is 5.07. The molecule has 0 amide bonds. The van der Waals surface area contributed by atoms with Crippen molar-refractivity contribution < 1.29 is 9.53 Å². The van der Waals surface area contributed by atoms with Gasteiger partial charge in [0.1, 0.15) is 0 Å². The third kappa shape index (κ3) is 17.3.